The van der Waals surface area contributed by atoms with Crippen LogP contribution in [0.5, 0.6) is 11.5 Å². The predicted molar refractivity (Wildman–Crippen MR) is 139 cm³/mol. The van der Waals surface area contributed by atoms with Gasteiger partial charge in [-0.3, -0.25) is 10.8 Å². The van der Waals surface area contributed by atoms with Crippen molar-refractivity contribution in [3.05, 3.63) is 82.1 Å². The summed E-state index contributed by atoms with van der Waals surface area (Å²) in [7, 11) is 3.12. The van der Waals surface area contributed by atoms with Crippen molar-refractivity contribution < 1.29 is 29.5 Å². The van der Waals surface area contributed by atoms with Crippen LogP contribution in [0.15, 0.2) is 60.4 Å². The molecule has 0 amide bonds. The van der Waals surface area contributed by atoms with Crippen LogP contribution in [0.3, 0.4) is 0 Å². The molecular weight excluding hydrogens is 488 g/mol. The molecule has 7 nitrogen and oxygen atoms in total. The van der Waals surface area contributed by atoms with Crippen molar-refractivity contribution >= 4 is 33.5 Å². The van der Waals surface area contributed by atoms with Crippen LogP contribution in [0, 0.1) is 5.41 Å². The molecule has 2 unspecified atom stereocenters. The van der Waals surface area contributed by atoms with E-state index in [1.54, 1.807) is 14.2 Å². The number of halogens is 1. The van der Waals surface area contributed by atoms with E-state index in [1.807, 2.05) is 49.4 Å². The van der Waals surface area contributed by atoms with E-state index in [0.717, 1.165) is 22.9 Å². The summed E-state index contributed by atoms with van der Waals surface area (Å²) in [6.07, 6.45) is 2.00. The van der Waals surface area contributed by atoms with Gasteiger partial charge in [0.2, 0.25) is 5.04 Å². The molecule has 2 aromatic carbocycles. The Kier molecular flexibility index (Phi) is 9.40. The van der Waals surface area contributed by atoms with Crippen LogP contribution in [-0.4, -0.2) is 42.6 Å². The molecule has 1 aliphatic heterocycles. The van der Waals surface area contributed by atoms with Gasteiger partial charge in [0.05, 0.1) is 14.2 Å². The Labute approximate surface area is 214 Å². The fourth-order valence-electron chi connectivity index (χ4n) is 3.68. The Morgan fingerprint density at radius 2 is 1.89 bits per heavy atom. The van der Waals surface area contributed by atoms with E-state index in [4.69, 9.17) is 46.5 Å². The lowest BCUT2D eigenvalue weighted by Crippen LogP contribution is -2.40. The van der Waals surface area contributed by atoms with Crippen LogP contribution in [0.25, 0.3) is 0 Å². The summed E-state index contributed by atoms with van der Waals surface area (Å²) >= 11 is 7.34. The van der Waals surface area contributed by atoms with Crippen LogP contribution in [0.1, 0.15) is 42.2 Å². The molecule has 3 rings (SSSR count). The number of nitrogens with two attached hydrogens (primary N) is 1. The van der Waals surface area contributed by atoms with Crippen LogP contribution in [0.2, 0.25) is 5.02 Å². The van der Waals surface area contributed by atoms with Gasteiger partial charge in [0, 0.05) is 29.7 Å². The number of ether oxygens (including phenoxy) is 4. The largest absolute Gasteiger partial charge is 0.495 e. The Bertz CT molecular complexity index is 1110. The Balaban J connectivity index is 1.76. The highest BCUT2D eigenvalue weighted by atomic mass is 35.5. The molecule has 0 fully saturated rings. The van der Waals surface area contributed by atoms with Gasteiger partial charge in [0.1, 0.15) is 46.1 Å². The molecular formula is C26H30ClN2O5S+. The third-order valence-corrected chi connectivity index (χ3v) is 6.66. The molecule has 4 N–H and O–H groups in total. The van der Waals surface area contributed by atoms with Gasteiger partial charge in [-0.2, -0.15) is 0 Å². The minimum atomic E-state index is -0.413. The van der Waals surface area contributed by atoms with Crippen molar-refractivity contribution in [2.75, 3.05) is 27.4 Å². The van der Waals surface area contributed by atoms with E-state index < -0.39 is 6.10 Å². The van der Waals surface area contributed by atoms with Gasteiger partial charge < -0.3 is 24.1 Å². The summed E-state index contributed by atoms with van der Waals surface area (Å²) in [4.78, 5) is 0. The second-order valence-electron chi connectivity index (χ2n) is 7.69. The van der Waals surface area contributed by atoms with Gasteiger partial charge in [-0.05, 0) is 42.5 Å². The third kappa shape index (κ3) is 6.27. The van der Waals surface area contributed by atoms with Crippen LogP contribution in [-0.2, 0) is 9.47 Å². The van der Waals surface area contributed by atoms with Crippen LogP contribution < -0.4 is 14.9 Å². The molecule has 0 radical (unpaired) electrons. The Morgan fingerprint density at radius 3 is 2.43 bits per heavy atom. The first-order valence-electron chi connectivity index (χ1n) is 11.0. The number of hydrogen-bond acceptors (Lipinski definition) is 7. The predicted octanol–water partition coefficient (Wildman–Crippen LogP) is 4.24. The van der Waals surface area contributed by atoms with Crippen molar-refractivity contribution in [3.63, 3.8) is 0 Å². The molecule has 2 atom stereocenters. The highest BCUT2D eigenvalue weighted by Crippen LogP contribution is 2.43. The first-order chi connectivity index (χ1) is 16.8. The Hall–Kier alpha value is -2.78. The maximum absolute atomic E-state index is 9.09. The van der Waals surface area contributed by atoms with E-state index in [9.17, 15) is 0 Å². The van der Waals surface area contributed by atoms with E-state index >= 15 is 0 Å². The fourth-order valence-corrected chi connectivity index (χ4v) is 4.52. The van der Waals surface area contributed by atoms with Gasteiger partial charge >= 0.3 is 0 Å². The molecule has 35 heavy (non-hydrogen) atoms. The van der Waals surface area contributed by atoms with Crippen LogP contribution >= 0.6 is 23.4 Å². The lowest BCUT2D eigenvalue weighted by Gasteiger charge is -2.23. The van der Waals surface area contributed by atoms with Gasteiger partial charge in [-0.1, -0.05) is 42.4 Å². The number of thioether (sulfide) groups is 1. The van der Waals surface area contributed by atoms with E-state index in [-0.39, 0.29) is 22.8 Å². The van der Waals surface area contributed by atoms with Gasteiger partial charge in [0.15, 0.2) is 0 Å². The zero-order valence-electron chi connectivity index (χ0n) is 20.0. The van der Waals surface area contributed by atoms with Crippen molar-refractivity contribution in [1.82, 2.24) is 0 Å². The summed E-state index contributed by atoms with van der Waals surface area (Å²) in [5.41, 5.74) is 3.17. The maximum Gasteiger partial charge on any atom is 0.239 e. The van der Waals surface area contributed by atoms with E-state index in [0.29, 0.717) is 46.4 Å². The number of rotatable bonds is 10. The smallest absolute Gasteiger partial charge is 0.239 e. The molecule has 186 valence electrons. The molecule has 1 aliphatic rings. The van der Waals surface area contributed by atoms with E-state index in [1.165, 1.54) is 0 Å². The average molecular weight is 518 g/mol. The lowest BCUT2D eigenvalue weighted by atomic mass is 9.99. The molecule has 0 aliphatic carbocycles. The summed E-state index contributed by atoms with van der Waals surface area (Å²) in [6.45, 7) is 6.40. The number of nitrogens with one attached hydrogen (secondary N) is 1. The summed E-state index contributed by atoms with van der Waals surface area (Å²) in [5.74, 6) is 1.71. The number of hydrogen-bond donors (Lipinski definition) is 3. The first kappa shape index (κ1) is 26.8. The van der Waals surface area contributed by atoms with Gasteiger partial charge in [-0.25, -0.2) is 0 Å². The van der Waals surface area contributed by atoms with Gasteiger partial charge in [0.25, 0.3) is 0 Å². The maximum atomic E-state index is 9.09. The summed E-state index contributed by atoms with van der Waals surface area (Å²) in [6, 6.07) is 11.1. The first-order valence-corrected chi connectivity index (χ1v) is 12.2. The minimum absolute atomic E-state index is 0.239. The summed E-state index contributed by atoms with van der Waals surface area (Å²) < 4.78 is 23.1. The van der Waals surface area contributed by atoms with Crippen molar-refractivity contribution in [2.24, 2.45) is 0 Å². The molecule has 2 aromatic rings. The molecule has 0 aromatic heterocycles. The SMILES string of the molecule is C=C(C1=CCC(c2cc(OC)c(Cl)c(OC)c2)O1)C(OCC)c1ccc(C(=N)SC(=[NH2+])CO)cc1. The number of methoxy groups -OCH3 is 2. The number of aliphatic hydroxyl groups excluding tert-OH is 1. The molecule has 0 saturated carbocycles. The van der Waals surface area contributed by atoms with E-state index in [2.05, 4.69) is 6.58 Å². The van der Waals surface area contributed by atoms with Gasteiger partial charge in [-0.15, -0.1) is 0 Å². The molecule has 1 heterocycles. The highest BCUT2D eigenvalue weighted by molar-refractivity contribution is 8.26. The van der Waals surface area contributed by atoms with Crippen molar-refractivity contribution in [3.8, 4) is 11.5 Å². The standard InChI is InChI=1S/C26H29ClN2O5S/c1-5-33-25(16-6-8-17(9-7-16)26(29)35-23(28)14-30)15(2)19-10-11-20(34-19)18-12-21(31-3)24(27)22(13-18)32-4/h6-10,12-13,20,25,28-30H,2,5,11,14H2,1,3-4H3/p+1. The number of benzene rings is 2. The topological polar surface area (TPSA) is 107 Å². The average Bonchev–Trinajstić information content (AvgIpc) is 3.37. The highest BCUT2D eigenvalue weighted by Gasteiger charge is 2.28. The van der Waals surface area contributed by atoms with Crippen molar-refractivity contribution in [2.45, 2.75) is 25.6 Å². The zero-order valence-corrected chi connectivity index (χ0v) is 21.5. The quantitative estimate of drug-likeness (QED) is 0.321. The molecule has 0 bridgehead atoms. The molecule has 0 spiro atoms. The zero-order chi connectivity index (χ0) is 25.5. The number of aliphatic hydroxyl groups is 1. The van der Waals surface area contributed by atoms with Crippen LogP contribution in [0.4, 0.5) is 0 Å². The summed E-state index contributed by atoms with van der Waals surface area (Å²) in [5, 5.41) is 23.8. The lowest BCUT2D eigenvalue weighted by molar-refractivity contribution is -0.113. The second kappa shape index (κ2) is 12.3. The Morgan fingerprint density at radius 1 is 1.26 bits per heavy atom. The third-order valence-electron chi connectivity index (χ3n) is 5.46. The fraction of sp³-hybridized carbons (Fsp3) is 0.308. The molecule has 9 heteroatoms. The normalized spacial score (nSPS) is 15.7. The van der Waals surface area contributed by atoms with Crippen molar-refractivity contribution in [1.29, 1.82) is 5.41 Å². The monoisotopic (exact) mass is 517 g/mol. The molecule has 0 saturated heterocycles. The minimum Gasteiger partial charge on any atom is -0.495 e. The second-order valence-corrected chi connectivity index (χ2v) is 9.20.